The van der Waals surface area contributed by atoms with Crippen molar-refractivity contribution in [3.63, 3.8) is 0 Å². The van der Waals surface area contributed by atoms with Crippen LogP contribution >= 0.6 is 0 Å². The number of ether oxygens (including phenoxy) is 1. The van der Waals surface area contributed by atoms with Crippen LogP contribution in [-0.2, 0) is 6.61 Å². The molecular formula is C21H25F2N3O. The summed E-state index contributed by atoms with van der Waals surface area (Å²) in [5.74, 6) is 0.643. The summed E-state index contributed by atoms with van der Waals surface area (Å²) < 4.78 is 33.2. The third-order valence-corrected chi connectivity index (χ3v) is 5.51. The van der Waals surface area contributed by atoms with Gasteiger partial charge in [-0.15, -0.1) is 0 Å². The summed E-state index contributed by atoms with van der Waals surface area (Å²) in [7, 11) is 0. The highest BCUT2D eigenvalue weighted by atomic mass is 19.1. The minimum Gasteiger partial charge on any atom is -0.488 e. The van der Waals surface area contributed by atoms with E-state index >= 15 is 0 Å². The van der Waals surface area contributed by atoms with Gasteiger partial charge in [0.05, 0.1) is 0 Å². The predicted molar refractivity (Wildman–Crippen MR) is 99.7 cm³/mol. The summed E-state index contributed by atoms with van der Waals surface area (Å²) in [4.78, 5) is 3.62. The molecule has 0 spiro atoms. The molecule has 4 rings (SSSR count). The Bertz CT molecular complexity index is 780. The normalized spacial score (nSPS) is 22.6. The molecule has 2 aliphatic rings. The average Bonchev–Trinajstić information content (AvgIpc) is 3.46. The molecule has 0 amide bonds. The first kappa shape index (κ1) is 18.3. The first-order valence-corrected chi connectivity index (χ1v) is 9.66. The van der Waals surface area contributed by atoms with Crippen LogP contribution in [0.1, 0.15) is 36.3 Å². The van der Waals surface area contributed by atoms with Crippen molar-refractivity contribution < 1.29 is 13.5 Å². The van der Waals surface area contributed by atoms with E-state index in [9.17, 15) is 8.78 Å². The molecule has 0 bridgehead atoms. The van der Waals surface area contributed by atoms with Crippen LogP contribution in [0, 0.1) is 17.7 Å². The van der Waals surface area contributed by atoms with E-state index in [1.807, 2.05) is 0 Å². The van der Waals surface area contributed by atoms with Crippen LogP contribution in [0.25, 0.3) is 0 Å². The highest BCUT2D eigenvalue weighted by Crippen LogP contribution is 2.45. The molecule has 6 heteroatoms. The highest BCUT2D eigenvalue weighted by Gasteiger charge is 2.40. The zero-order valence-electron chi connectivity index (χ0n) is 15.3. The second-order valence-electron chi connectivity index (χ2n) is 7.47. The maximum absolute atomic E-state index is 13.7. The van der Waals surface area contributed by atoms with Gasteiger partial charge in [0.25, 0.3) is 0 Å². The van der Waals surface area contributed by atoms with Gasteiger partial charge in [0.15, 0.2) is 0 Å². The second kappa shape index (κ2) is 8.31. The Hall–Kier alpha value is -2.05. The number of aromatic nitrogens is 1. The standard InChI is InChI=1S/C21H25F2N3O/c22-16-3-4-17(18-11-19(18)26-12-14-5-8-24-9-6-14)20(10-16)27-13-15-2-1-7-25-21(15)23/h1-4,7,10,14,18-19,24,26H,5-6,8-9,11-13H2/t18-,19+/m0/s1. The Balaban J connectivity index is 1.37. The number of hydrogen-bond acceptors (Lipinski definition) is 4. The third kappa shape index (κ3) is 4.62. The molecular weight excluding hydrogens is 348 g/mol. The molecule has 2 fully saturated rings. The number of nitrogens with zero attached hydrogens (tertiary/aromatic N) is 1. The van der Waals surface area contributed by atoms with E-state index in [0.717, 1.165) is 37.5 Å². The van der Waals surface area contributed by atoms with Crippen molar-refractivity contribution in [1.29, 1.82) is 0 Å². The van der Waals surface area contributed by atoms with E-state index < -0.39 is 5.95 Å². The molecule has 2 heterocycles. The van der Waals surface area contributed by atoms with Crippen molar-refractivity contribution in [2.24, 2.45) is 5.92 Å². The number of rotatable bonds is 7. The topological polar surface area (TPSA) is 46.2 Å². The maximum Gasteiger partial charge on any atom is 0.219 e. The van der Waals surface area contributed by atoms with Gasteiger partial charge in [-0.05, 0) is 68.6 Å². The van der Waals surface area contributed by atoms with Crippen molar-refractivity contribution in [2.75, 3.05) is 19.6 Å². The summed E-state index contributed by atoms with van der Waals surface area (Å²) in [5, 5.41) is 7.04. The van der Waals surface area contributed by atoms with Gasteiger partial charge in [-0.2, -0.15) is 4.39 Å². The van der Waals surface area contributed by atoms with Crippen molar-refractivity contribution in [3.05, 3.63) is 59.4 Å². The van der Waals surface area contributed by atoms with Crippen LogP contribution in [0.2, 0.25) is 0 Å². The van der Waals surface area contributed by atoms with E-state index in [4.69, 9.17) is 4.74 Å². The molecule has 4 nitrogen and oxygen atoms in total. The van der Waals surface area contributed by atoms with Gasteiger partial charge in [0.1, 0.15) is 18.2 Å². The van der Waals surface area contributed by atoms with Gasteiger partial charge in [0, 0.05) is 29.8 Å². The molecule has 2 N–H and O–H groups in total. The molecule has 1 saturated heterocycles. The van der Waals surface area contributed by atoms with E-state index in [1.165, 1.54) is 31.2 Å². The Morgan fingerprint density at radius 1 is 1.19 bits per heavy atom. The minimum atomic E-state index is -0.552. The highest BCUT2D eigenvalue weighted by molar-refractivity contribution is 5.41. The van der Waals surface area contributed by atoms with Crippen LogP contribution in [0.5, 0.6) is 5.75 Å². The molecule has 0 radical (unpaired) electrons. The minimum absolute atomic E-state index is 0.0377. The number of nitrogens with one attached hydrogen (secondary N) is 2. The monoisotopic (exact) mass is 373 g/mol. The van der Waals surface area contributed by atoms with E-state index in [1.54, 1.807) is 18.2 Å². The summed E-state index contributed by atoms with van der Waals surface area (Å²) in [6.45, 7) is 3.26. The summed E-state index contributed by atoms with van der Waals surface area (Å²) >= 11 is 0. The number of piperidine rings is 1. The van der Waals surface area contributed by atoms with Gasteiger partial charge in [-0.3, -0.25) is 0 Å². The van der Waals surface area contributed by atoms with E-state index in [-0.39, 0.29) is 12.4 Å². The van der Waals surface area contributed by atoms with E-state index in [0.29, 0.717) is 23.3 Å². The molecule has 1 aliphatic carbocycles. The third-order valence-electron chi connectivity index (χ3n) is 5.51. The molecule has 144 valence electrons. The van der Waals surface area contributed by atoms with Crippen LogP contribution in [-0.4, -0.2) is 30.7 Å². The molecule has 1 aromatic heterocycles. The van der Waals surface area contributed by atoms with Crippen LogP contribution in [0.3, 0.4) is 0 Å². The van der Waals surface area contributed by atoms with Gasteiger partial charge >= 0.3 is 0 Å². The lowest BCUT2D eigenvalue weighted by atomic mass is 9.98. The molecule has 2 aromatic rings. The second-order valence-corrected chi connectivity index (χ2v) is 7.47. The molecule has 1 saturated carbocycles. The van der Waals surface area contributed by atoms with Crippen LogP contribution < -0.4 is 15.4 Å². The largest absolute Gasteiger partial charge is 0.488 e. The van der Waals surface area contributed by atoms with Crippen molar-refractivity contribution in [2.45, 2.75) is 37.8 Å². The number of halogens is 2. The maximum atomic E-state index is 13.7. The molecule has 2 atom stereocenters. The fourth-order valence-corrected chi connectivity index (χ4v) is 3.79. The van der Waals surface area contributed by atoms with Crippen molar-refractivity contribution in [3.8, 4) is 5.75 Å². The fraction of sp³-hybridized carbons (Fsp3) is 0.476. The summed E-state index contributed by atoms with van der Waals surface area (Å²) in [6.07, 6.45) is 4.85. The predicted octanol–water partition coefficient (Wildman–Crippen LogP) is 3.38. The zero-order chi connectivity index (χ0) is 18.6. The molecule has 1 aromatic carbocycles. The Kier molecular flexibility index (Phi) is 5.64. The molecule has 27 heavy (non-hydrogen) atoms. The molecule has 1 aliphatic heterocycles. The van der Waals surface area contributed by atoms with Gasteiger partial charge in [-0.25, -0.2) is 9.37 Å². The van der Waals surface area contributed by atoms with Gasteiger partial charge in [0.2, 0.25) is 5.95 Å². The fourth-order valence-electron chi connectivity index (χ4n) is 3.79. The Labute approximate surface area is 158 Å². The SMILES string of the molecule is Fc1ccc([C@@H]2C[C@H]2NCC2CCNCC2)c(OCc2cccnc2F)c1. The van der Waals surface area contributed by atoms with Crippen LogP contribution in [0.4, 0.5) is 8.78 Å². The van der Waals surface area contributed by atoms with Crippen molar-refractivity contribution >= 4 is 0 Å². The number of hydrogen-bond donors (Lipinski definition) is 2. The summed E-state index contributed by atoms with van der Waals surface area (Å²) in [5.41, 5.74) is 1.35. The van der Waals surface area contributed by atoms with Gasteiger partial charge < -0.3 is 15.4 Å². The van der Waals surface area contributed by atoms with Gasteiger partial charge in [-0.1, -0.05) is 6.07 Å². The van der Waals surface area contributed by atoms with Crippen LogP contribution in [0.15, 0.2) is 36.5 Å². The Morgan fingerprint density at radius 2 is 2.04 bits per heavy atom. The summed E-state index contributed by atoms with van der Waals surface area (Å²) in [6, 6.07) is 8.35. The zero-order valence-corrected chi connectivity index (χ0v) is 15.3. The lowest BCUT2D eigenvalue weighted by molar-refractivity contribution is 0.293. The van der Waals surface area contributed by atoms with E-state index in [2.05, 4.69) is 15.6 Å². The number of pyridine rings is 1. The molecule has 0 unspecified atom stereocenters. The Morgan fingerprint density at radius 3 is 2.85 bits per heavy atom. The lowest BCUT2D eigenvalue weighted by Crippen LogP contribution is -2.34. The number of benzene rings is 1. The smallest absolute Gasteiger partial charge is 0.219 e. The first-order chi connectivity index (χ1) is 13.2. The lowest BCUT2D eigenvalue weighted by Gasteiger charge is -2.23. The van der Waals surface area contributed by atoms with Crippen molar-refractivity contribution in [1.82, 2.24) is 15.6 Å². The quantitative estimate of drug-likeness (QED) is 0.731. The first-order valence-electron chi connectivity index (χ1n) is 9.66. The average molecular weight is 373 g/mol.